The topological polar surface area (TPSA) is 113 Å². The Balaban J connectivity index is 1.20. The summed E-state index contributed by atoms with van der Waals surface area (Å²) >= 11 is 0. The van der Waals surface area contributed by atoms with E-state index in [1.54, 1.807) is 24.3 Å². The second-order valence-electron chi connectivity index (χ2n) is 9.29. The van der Waals surface area contributed by atoms with Crippen molar-refractivity contribution in [3.63, 3.8) is 0 Å². The number of pyridine rings is 1. The molecule has 6 rings (SSSR count). The normalized spacial score (nSPS) is 20.1. The molecule has 2 aromatic heterocycles. The monoisotopic (exact) mass is 475 g/mol. The Morgan fingerprint density at radius 1 is 1.14 bits per heavy atom. The Morgan fingerprint density at radius 3 is 2.71 bits per heavy atom. The van der Waals surface area contributed by atoms with Crippen LogP contribution in [-0.4, -0.2) is 44.1 Å². The van der Waals surface area contributed by atoms with Gasteiger partial charge in [-0.15, -0.1) is 0 Å². The first-order valence-electron chi connectivity index (χ1n) is 11.6. The molecule has 1 unspecified atom stereocenters. The Labute approximate surface area is 199 Å². The predicted molar refractivity (Wildman–Crippen MR) is 123 cm³/mol. The van der Waals surface area contributed by atoms with Crippen LogP contribution in [-0.2, 0) is 16.1 Å². The van der Waals surface area contributed by atoms with Crippen LogP contribution in [0.4, 0.5) is 10.1 Å². The van der Waals surface area contributed by atoms with Gasteiger partial charge in [0.15, 0.2) is 0 Å². The number of nitrogens with zero attached hydrogens (tertiary/aromatic N) is 3. The van der Waals surface area contributed by atoms with E-state index in [0.29, 0.717) is 33.4 Å². The summed E-state index contributed by atoms with van der Waals surface area (Å²) in [6, 6.07) is 5.85. The summed E-state index contributed by atoms with van der Waals surface area (Å²) in [5, 5.41) is 5.38. The third-order valence-corrected chi connectivity index (χ3v) is 7.13. The summed E-state index contributed by atoms with van der Waals surface area (Å²) in [7, 11) is 0. The molecule has 3 aliphatic rings. The summed E-state index contributed by atoms with van der Waals surface area (Å²) in [5.74, 6) is -1.93. The third kappa shape index (κ3) is 3.56. The molecule has 4 heterocycles. The fourth-order valence-corrected chi connectivity index (χ4v) is 5.02. The zero-order chi connectivity index (χ0) is 24.3. The van der Waals surface area contributed by atoms with Gasteiger partial charge in [-0.05, 0) is 55.5 Å². The molecule has 1 aliphatic carbocycles. The molecule has 2 N–H and O–H groups in total. The molecule has 3 aromatic rings. The molecular weight excluding hydrogens is 453 g/mol. The molecule has 0 bridgehead atoms. The highest BCUT2D eigenvalue weighted by Gasteiger charge is 2.39. The molecule has 2 aliphatic heterocycles. The van der Waals surface area contributed by atoms with Gasteiger partial charge in [-0.25, -0.2) is 9.37 Å². The first kappa shape index (κ1) is 21.5. The lowest BCUT2D eigenvalue weighted by atomic mass is 9.93. The van der Waals surface area contributed by atoms with Crippen molar-refractivity contribution in [2.75, 3.05) is 5.32 Å². The molecule has 0 spiro atoms. The molecule has 4 amide bonds. The molecule has 1 saturated heterocycles. The molecule has 1 atom stereocenters. The molecule has 10 heteroatoms. The number of carbonyl (C=O) groups is 4. The number of rotatable bonds is 4. The fourth-order valence-electron chi connectivity index (χ4n) is 5.02. The lowest BCUT2D eigenvalue weighted by molar-refractivity contribution is -0.136. The Hall–Kier alpha value is -4.08. The van der Waals surface area contributed by atoms with E-state index in [2.05, 4.69) is 15.6 Å². The van der Waals surface area contributed by atoms with Gasteiger partial charge >= 0.3 is 0 Å². The van der Waals surface area contributed by atoms with E-state index >= 15 is 0 Å². The maximum atomic E-state index is 14.5. The van der Waals surface area contributed by atoms with E-state index in [1.807, 2.05) is 4.57 Å². The number of benzene rings is 1. The quantitative estimate of drug-likeness (QED) is 0.564. The van der Waals surface area contributed by atoms with Crippen molar-refractivity contribution in [3.05, 3.63) is 59.2 Å². The van der Waals surface area contributed by atoms with E-state index in [1.165, 1.54) is 17.3 Å². The highest BCUT2D eigenvalue weighted by atomic mass is 19.1. The fraction of sp³-hybridized carbons (Fsp3) is 0.320. The molecule has 2 fully saturated rings. The van der Waals surface area contributed by atoms with Crippen LogP contribution in [0, 0.1) is 5.82 Å². The van der Waals surface area contributed by atoms with Crippen LogP contribution >= 0.6 is 0 Å². The Bertz CT molecular complexity index is 1430. The largest absolute Gasteiger partial charge is 0.326 e. The van der Waals surface area contributed by atoms with Crippen molar-refractivity contribution in [2.45, 2.75) is 50.7 Å². The summed E-state index contributed by atoms with van der Waals surface area (Å²) in [6.07, 6.45) is 6.56. The summed E-state index contributed by atoms with van der Waals surface area (Å²) in [4.78, 5) is 55.2. The highest BCUT2D eigenvalue weighted by Crippen LogP contribution is 2.35. The first-order chi connectivity index (χ1) is 16.9. The second-order valence-corrected chi connectivity index (χ2v) is 9.29. The average Bonchev–Trinajstić information content (AvgIpc) is 3.29. The van der Waals surface area contributed by atoms with Gasteiger partial charge in [0.1, 0.15) is 17.5 Å². The van der Waals surface area contributed by atoms with Gasteiger partial charge in [0.05, 0.1) is 17.3 Å². The average molecular weight is 475 g/mol. The van der Waals surface area contributed by atoms with Gasteiger partial charge < -0.3 is 14.8 Å². The number of imide groups is 1. The number of amides is 4. The lowest BCUT2D eigenvalue weighted by Gasteiger charge is -2.29. The molecule has 9 nitrogen and oxygen atoms in total. The number of hydrogen-bond acceptors (Lipinski definition) is 5. The minimum Gasteiger partial charge on any atom is -0.326 e. The van der Waals surface area contributed by atoms with Crippen molar-refractivity contribution >= 4 is 40.3 Å². The number of piperidine rings is 1. The van der Waals surface area contributed by atoms with E-state index in [0.717, 1.165) is 19.3 Å². The Morgan fingerprint density at radius 2 is 1.97 bits per heavy atom. The number of nitrogens with one attached hydrogen (secondary N) is 2. The first-order valence-corrected chi connectivity index (χ1v) is 11.6. The van der Waals surface area contributed by atoms with Crippen LogP contribution in [0.3, 0.4) is 0 Å². The molecule has 35 heavy (non-hydrogen) atoms. The van der Waals surface area contributed by atoms with Gasteiger partial charge in [-0.1, -0.05) is 0 Å². The van der Waals surface area contributed by atoms with Gasteiger partial charge in [0.25, 0.3) is 11.8 Å². The number of hydrogen-bond donors (Lipinski definition) is 2. The van der Waals surface area contributed by atoms with Gasteiger partial charge in [0.2, 0.25) is 11.8 Å². The van der Waals surface area contributed by atoms with E-state index in [4.69, 9.17) is 0 Å². The summed E-state index contributed by atoms with van der Waals surface area (Å²) in [6.45, 7) is 0.176. The number of halogens is 1. The van der Waals surface area contributed by atoms with Crippen LogP contribution in [0.15, 0.2) is 36.7 Å². The van der Waals surface area contributed by atoms with Crippen molar-refractivity contribution < 1.29 is 23.6 Å². The number of carbonyl (C=O) groups excluding carboxylic acids is 4. The highest BCUT2D eigenvalue weighted by molar-refractivity contribution is 6.08. The lowest BCUT2D eigenvalue weighted by Crippen LogP contribution is -2.52. The smallest absolute Gasteiger partial charge is 0.255 e. The van der Waals surface area contributed by atoms with E-state index in [-0.39, 0.29) is 43.1 Å². The molecule has 1 saturated carbocycles. The van der Waals surface area contributed by atoms with Gasteiger partial charge in [-0.2, -0.15) is 0 Å². The standard InChI is InChI=1S/C25H22FN5O4/c26-19-12-30(16-2-1-3-16)22-18(19)9-15(10-27-22)28-23(33)13-4-5-17-14(8-13)11-31(25(17)35)20-6-7-21(32)29-24(20)34/h4-5,8-10,12,16,20H,1-3,6-7,11H2,(H,28,33)(H,29,32,34). The number of anilines is 1. The van der Waals surface area contributed by atoms with Crippen LogP contribution in [0.25, 0.3) is 11.0 Å². The third-order valence-electron chi connectivity index (χ3n) is 7.13. The molecule has 0 radical (unpaired) electrons. The van der Waals surface area contributed by atoms with Crippen LogP contribution in [0.1, 0.15) is 64.4 Å². The maximum Gasteiger partial charge on any atom is 0.255 e. The second kappa shape index (κ2) is 8.00. The number of fused-ring (bicyclic) bond motifs is 2. The van der Waals surface area contributed by atoms with Crippen LogP contribution < -0.4 is 10.6 Å². The van der Waals surface area contributed by atoms with Crippen molar-refractivity contribution in [2.24, 2.45) is 0 Å². The van der Waals surface area contributed by atoms with Crippen LogP contribution in [0.5, 0.6) is 0 Å². The Kier molecular flexibility index (Phi) is 4.91. The molecular formula is C25H22FN5O4. The summed E-state index contributed by atoms with van der Waals surface area (Å²) in [5.41, 5.74) is 2.32. The predicted octanol–water partition coefficient (Wildman–Crippen LogP) is 2.91. The zero-order valence-electron chi connectivity index (χ0n) is 18.7. The minimum atomic E-state index is -0.718. The van der Waals surface area contributed by atoms with Gasteiger partial charge in [-0.3, -0.25) is 24.5 Å². The minimum absolute atomic E-state index is 0.174. The van der Waals surface area contributed by atoms with Crippen LogP contribution in [0.2, 0.25) is 0 Å². The maximum absolute atomic E-state index is 14.5. The van der Waals surface area contributed by atoms with Crippen molar-refractivity contribution in [1.82, 2.24) is 19.8 Å². The van der Waals surface area contributed by atoms with Crippen molar-refractivity contribution in [3.8, 4) is 0 Å². The zero-order valence-corrected chi connectivity index (χ0v) is 18.7. The van der Waals surface area contributed by atoms with Gasteiger partial charge in [0, 0.05) is 36.3 Å². The van der Waals surface area contributed by atoms with Crippen molar-refractivity contribution in [1.29, 1.82) is 0 Å². The van der Waals surface area contributed by atoms with E-state index < -0.39 is 17.9 Å². The molecule has 178 valence electrons. The SMILES string of the molecule is O=C1CCC(N2Cc3cc(C(=O)Nc4cnc5c(c4)c(F)cn5C4CCC4)ccc3C2=O)C(=O)N1. The summed E-state index contributed by atoms with van der Waals surface area (Å²) < 4.78 is 16.4. The number of aromatic nitrogens is 2. The van der Waals surface area contributed by atoms with E-state index in [9.17, 15) is 23.6 Å². The molecule has 1 aromatic carbocycles.